The van der Waals surface area contributed by atoms with Gasteiger partial charge in [-0.15, -0.1) is 0 Å². The summed E-state index contributed by atoms with van der Waals surface area (Å²) in [7, 11) is 1.39. The van der Waals surface area contributed by atoms with E-state index in [2.05, 4.69) is 0 Å². The fraction of sp³-hybridized carbons (Fsp3) is 0.500. The van der Waals surface area contributed by atoms with Crippen LogP contribution in [-0.2, 0) is 9.47 Å². The maximum Gasteiger partial charge on any atom is 0.415 e. The van der Waals surface area contributed by atoms with Crippen molar-refractivity contribution in [3.63, 3.8) is 0 Å². The topological polar surface area (TPSA) is 59.0 Å². The minimum Gasteiger partial charge on any atom is -0.435 e. The number of aliphatic hydroxyl groups excluding tert-OH is 1. The van der Waals surface area contributed by atoms with E-state index in [1.54, 1.807) is 4.90 Å². The summed E-state index contributed by atoms with van der Waals surface area (Å²) in [6.45, 7) is 0.686. The second-order valence-corrected chi connectivity index (χ2v) is 5.04. The molecule has 1 aromatic carbocycles. The Morgan fingerprint density at radius 3 is 2.89 bits per heavy atom. The summed E-state index contributed by atoms with van der Waals surface area (Å²) in [5.41, 5.74) is 1.60. The average molecular weight is 263 g/mol. The summed E-state index contributed by atoms with van der Waals surface area (Å²) in [5.74, 6) is 0.574. The van der Waals surface area contributed by atoms with Crippen LogP contribution >= 0.6 is 0 Å². The van der Waals surface area contributed by atoms with Gasteiger partial charge in [0.2, 0.25) is 0 Å². The normalized spacial score (nSPS) is 23.8. The van der Waals surface area contributed by atoms with Crippen LogP contribution in [0.4, 0.5) is 10.5 Å². The molecule has 0 aromatic heterocycles. The van der Waals surface area contributed by atoms with Gasteiger partial charge in [0.1, 0.15) is 0 Å². The number of nitrogens with zero attached hydrogens (tertiary/aromatic N) is 1. The first-order valence-electron chi connectivity index (χ1n) is 6.48. The van der Waals surface area contributed by atoms with Gasteiger partial charge in [0.05, 0.1) is 5.69 Å². The monoisotopic (exact) mass is 263 g/mol. The number of carbonyl (C=O) groups excluding carboxylic acids is 1. The summed E-state index contributed by atoms with van der Waals surface area (Å²) in [6, 6.07) is 7.48. The number of ether oxygens (including phenoxy) is 2. The van der Waals surface area contributed by atoms with Crippen LogP contribution in [0.15, 0.2) is 24.3 Å². The van der Waals surface area contributed by atoms with Crippen molar-refractivity contribution in [1.82, 2.24) is 0 Å². The van der Waals surface area contributed by atoms with Gasteiger partial charge in [0.15, 0.2) is 12.4 Å². The van der Waals surface area contributed by atoms with Crippen LogP contribution in [0.3, 0.4) is 0 Å². The zero-order chi connectivity index (χ0) is 13.4. The van der Waals surface area contributed by atoms with Crippen LogP contribution in [-0.4, -0.2) is 31.1 Å². The Morgan fingerprint density at radius 2 is 2.21 bits per heavy atom. The number of methoxy groups -OCH3 is 1. The van der Waals surface area contributed by atoms with E-state index >= 15 is 0 Å². The fourth-order valence-corrected chi connectivity index (χ4v) is 2.37. The van der Waals surface area contributed by atoms with Crippen molar-refractivity contribution < 1.29 is 19.4 Å². The molecule has 1 fully saturated rings. The number of fused-ring (bicyclic) bond motifs is 1. The Morgan fingerprint density at radius 1 is 1.47 bits per heavy atom. The zero-order valence-electron chi connectivity index (χ0n) is 10.8. The zero-order valence-corrected chi connectivity index (χ0v) is 10.8. The first kappa shape index (κ1) is 12.4. The van der Waals surface area contributed by atoms with Crippen molar-refractivity contribution in [1.29, 1.82) is 0 Å². The second-order valence-electron chi connectivity index (χ2n) is 5.04. The molecule has 0 radical (unpaired) electrons. The molecule has 2 aliphatic rings. The van der Waals surface area contributed by atoms with Crippen LogP contribution in [0.1, 0.15) is 24.5 Å². The highest BCUT2D eigenvalue weighted by molar-refractivity contribution is 5.91. The van der Waals surface area contributed by atoms with E-state index in [0.717, 1.165) is 24.1 Å². The Labute approximate surface area is 111 Å². The van der Waals surface area contributed by atoms with Gasteiger partial charge >= 0.3 is 6.09 Å². The Kier molecular flexibility index (Phi) is 3.16. The van der Waals surface area contributed by atoms with Gasteiger partial charge in [0.25, 0.3) is 0 Å². The lowest BCUT2D eigenvalue weighted by atomic mass is 10.0. The van der Waals surface area contributed by atoms with E-state index in [1.165, 1.54) is 7.11 Å². The molecule has 1 aliphatic carbocycles. The maximum atomic E-state index is 12.1. The lowest BCUT2D eigenvalue weighted by molar-refractivity contribution is -0.148. The molecule has 1 aliphatic heterocycles. The molecule has 1 N–H and O–H groups in total. The molecule has 0 saturated heterocycles. The molecule has 1 aromatic rings. The Balaban J connectivity index is 1.95. The van der Waals surface area contributed by atoms with Crippen LogP contribution in [0, 0.1) is 5.92 Å². The summed E-state index contributed by atoms with van der Waals surface area (Å²) < 4.78 is 10.2. The minimum absolute atomic E-state index is 0.410. The van der Waals surface area contributed by atoms with Crippen molar-refractivity contribution in [2.45, 2.75) is 25.2 Å². The highest BCUT2D eigenvalue weighted by atomic mass is 16.6. The molecule has 1 heterocycles. The summed E-state index contributed by atoms with van der Waals surface area (Å²) in [6.07, 6.45) is 0.00982. The van der Waals surface area contributed by atoms with E-state index in [4.69, 9.17) is 9.47 Å². The fourth-order valence-electron chi connectivity index (χ4n) is 2.37. The number of rotatable bonds is 4. The standard InChI is InChI=1S/C14H17NO4/c1-18-13(16)12-10-4-2-3-5-11(10)15(14(17)19-12)8-9-6-7-9/h2-5,9,12-13,16H,6-8H2,1H3. The van der Waals surface area contributed by atoms with Gasteiger partial charge in [-0.25, -0.2) is 4.79 Å². The van der Waals surface area contributed by atoms with Crippen molar-refractivity contribution >= 4 is 11.8 Å². The SMILES string of the molecule is COC(O)C1OC(=O)N(CC2CC2)c2ccccc21. The van der Waals surface area contributed by atoms with Crippen LogP contribution in [0.25, 0.3) is 0 Å². The van der Waals surface area contributed by atoms with Crippen LogP contribution in [0.2, 0.25) is 0 Å². The minimum atomic E-state index is -1.15. The first-order valence-corrected chi connectivity index (χ1v) is 6.48. The third-order valence-electron chi connectivity index (χ3n) is 3.62. The van der Waals surface area contributed by atoms with E-state index < -0.39 is 18.5 Å². The highest BCUT2D eigenvalue weighted by Crippen LogP contribution is 2.39. The van der Waals surface area contributed by atoms with E-state index in [0.29, 0.717) is 12.5 Å². The Bertz CT molecular complexity index is 486. The lowest BCUT2D eigenvalue weighted by Gasteiger charge is -2.35. The molecule has 5 nitrogen and oxygen atoms in total. The molecule has 0 spiro atoms. The highest BCUT2D eigenvalue weighted by Gasteiger charge is 2.38. The number of cyclic esters (lactones) is 1. The van der Waals surface area contributed by atoms with Crippen molar-refractivity contribution in [2.24, 2.45) is 5.92 Å². The summed E-state index contributed by atoms with van der Waals surface area (Å²) in [5, 5.41) is 9.81. The van der Waals surface area contributed by atoms with E-state index in [9.17, 15) is 9.90 Å². The second kappa shape index (κ2) is 4.83. The number of amides is 1. The molecular weight excluding hydrogens is 246 g/mol. The summed E-state index contributed by atoms with van der Waals surface area (Å²) in [4.78, 5) is 13.7. The first-order chi connectivity index (χ1) is 9.20. The third-order valence-corrected chi connectivity index (χ3v) is 3.62. The van der Waals surface area contributed by atoms with Gasteiger partial charge in [-0.2, -0.15) is 0 Å². The van der Waals surface area contributed by atoms with Crippen molar-refractivity contribution in [3.05, 3.63) is 29.8 Å². The molecule has 0 bridgehead atoms. The van der Waals surface area contributed by atoms with Crippen molar-refractivity contribution in [2.75, 3.05) is 18.6 Å². The summed E-state index contributed by atoms with van der Waals surface area (Å²) >= 11 is 0. The quantitative estimate of drug-likeness (QED) is 0.845. The molecule has 2 unspecified atom stereocenters. The predicted octanol–water partition coefficient (Wildman–Crippen LogP) is 2.06. The number of anilines is 1. The number of hydrogen-bond donors (Lipinski definition) is 1. The van der Waals surface area contributed by atoms with E-state index in [-0.39, 0.29) is 0 Å². The number of benzene rings is 1. The number of aliphatic hydroxyl groups is 1. The van der Waals surface area contributed by atoms with E-state index in [1.807, 2.05) is 24.3 Å². The van der Waals surface area contributed by atoms with Gasteiger partial charge in [0, 0.05) is 19.2 Å². The molecule has 3 rings (SSSR count). The van der Waals surface area contributed by atoms with Gasteiger partial charge in [-0.1, -0.05) is 18.2 Å². The number of carbonyl (C=O) groups is 1. The predicted molar refractivity (Wildman–Crippen MR) is 68.7 cm³/mol. The maximum absolute atomic E-state index is 12.1. The molecule has 102 valence electrons. The van der Waals surface area contributed by atoms with Crippen LogP contribution < -0.4 is 4.90 Å². The molecule has 19 heavy (non-hydrogen) atoms. The molecule has 1 amide bonds. The largest absolute Gasteiger partial charge is 0.435 e. The van der Waals surface area contributed by atoms with Gasteiger partial charge in [-0.05, 0) is 24.8 Å². The number of para-hydroxylation sites is 1. The van der Waals surface area contributed by atoms with Crippen molar-refractivity contribution in [3.8, 4) is 0 Å². The van der Waals surface area contributed by atoms with Crippen LogP contribution in [0.5, 0.6) is 0 Å². The molecule has 1 saturated carbocycles. The average Bonchev–Trinajstić information content (AvgIpc) is 3.25. The Hall–Kier alpha value is -1.59. The number of hydrogen-bond acceptors (Lipinski definition) is 4. The molecule has 2 atom stereocenters. The molecule has 5 heteroatoms. The van der Waals surface area contributed by atoms with Gasteiger partial charge < -0.3 is 14.6 Å². The lowest BCUT2D eigenvalue weighted by Crippen LogP contribution is -2.42. The smallest absolute Gasteiger partial charge is 0.415 e. The molecular formula is C14H17NO4. The third kappa shape index (κ3) is 2.31. The van der Waals surface area contributed by atoms with Gasteiger partial charge in [-0.3, -0.25) is 4.90 Å².